The Morgan fingerprint density at radius 2 is 2.36 bits per heavy atom. The summed E-state index contributed by atoms with van der Waals surface area (Å²) >= 11 is 1.67. The molecule has 1 heterocycles. The van der Waals surface area contributed by atoms with Gasteiger partial charge in [-0.2, -0.15) is 11.8 Å². The van der Waals surface area contributed by atoms with Crippen molar-refractivity contribution in [3.05, 3.63) is 35.6 Å². The van der Waals surface area contributed by atoms with E-state index in [1.54, 1.807) is 17.8 Å². The first-order valence-electron chi connectivity index (χ1n) is 4.60. The minimum absolute atomic E-state index is 0.0989. The van der Waals surface area contributed by atoms with Crippen molar-refractivity contribution in [3.63, 3.8) is 0 Å². The van der Waals surface area contributed by atoms with E-state index in [2.05, 4.69) is 0 Å². The lowest BCUT2D eigenvalue weighted by molar-refractivity contribution is -0.119. The fourth-order valence-electron chi connectivity index (χ4n) is 1.63. The molecular formula is C11H11FOS. The average Bonchev–Trinajstić information content (AvgIpc) is 2.52. The number of thioether (sulfide) groups is 1. The number of ketones is 1. The second kappa shape index (κ2) is 4.13. The van der Waals surface area contributed by atoms with E-state index < -0.39 is 0 Å². The van der Waals surface area contributed by atoms with E-state index in [4.69, 9.17) is 0 Å². The molecule has 1 saturated heterocycles. The topological polar surface area (TPSA) is 17.1 Å². The molecule has 0 aliphatic carbocycles. The molecule has 1 atom stereocenters. The van der Waals surface area contributed by atoms with E-state index in [9.17, 15) is 9.18 Å². The van der Waals surface area contributed by atoms with Crippen molar-refractivity contribution in [2.75, 3.05) is 11.5 Å². The van der Waals surface area contributed by atoms with Crippen LogP contribution in [0.25, 0.3) is 0 Å². The molecule has 2 rings (SSSR count). The lowest BCUT2D eigenvalue weighted by Crippen LogP contribution is -2.13. The van der Waals surface area contributed by atoms with E-state index in [-0.39, 0.29) is 11.7 Å². The summed E-state index contributed by atoms with van der Waals surface area (Å²) in [5, 5.41) is 0. The van der Waals surface area contributed by atoms with Gasteiger partial charge in [0.05, 0.1) is 5.75 Å². The fraction of sp³-hybridized carbons (Fsp3) is 0.364. The summed E-state index contributed by atoms with van der Waals surface area (Å²) in [5.74, 6) is 1.69. The van der Waals surface area contributed by atoms with Crippen LogP contribution in [-0.2, 0) is 11.2 Å². The minimum Gasteiger partial charge on any atom is -0.298 e. The average molecular weight is 210 g/mol. The Labute approximate surface area is 86.7 Å². The fourth-order valence-corrected chi connectivity index (χ4v) is 2.78. The van der Waals surface area contributed by atoms with Crippen LogP contribution in [0.2, 0.25) is 0 Å². The second-order valence-electron chi connectivity index (χ2n) is 3.51. The third-order valence-electron chi connectivity index (χ3n) is 2.39. The van der Waals surface area contributed by atoms with Gasteiger partial charge in [0.15, 0.2) is 0 Å². The van der Waals surface area contributed by atoms with Crippen molar-refractivity contribution in [1.29, 1.82) is 0 Å². The molecule has 1 unspecified atom stereocenters. The lowest BCUT2D eigenvalue weighted by atomic mass is 9.98. The number of rotatable bonds is 2. The summed E-state index contributed by atoms with van der Waals surface area (Å²) in [7, 11) is 0. The normalized spacial score (nSPS) is 21.5. The number of hydrogen-bond donors (Lipinski definition) is 0. The van der Waals surface area contributed by atoms with E-state index in [1.807, 2.05) is 6.07 Å². The monoisotopic (exact) mass is 210 g/mol. The van der Waals surface area contributed by atoms with Crippen molar-refractivity contribution in [1.82, 2.24) is 0 Å². The molecule has 1 aliphatic heterocycles. The lowest BCUT2D eigenvalue weighted by Gasteiger charge is -2.06. The van der Waals surface area contributed by atoms with Crippen LogP contribution >= 0.6 is 11.8 Å². The van der Waals surface area contributed by atoms with Gasteiger partial charge in [-0.3, -0.25) is 4.79 Å². The molecule has 0 aromatic heterocycles. The highest BCUT2D eigenvalue weighted by atomic mass is 32.2. The van der Waals surface area contributed by atoms with Crippen LogP contribution in [0.3, 0.4) is 0 Å². The molecule has 1 aromatic rings. The van der Waals surface area contributed by atoms with Gasteiger partial charge >= 0.3 is 0 Å². The first-order chi connectivity index (χ1) is 6.75. The van der Waals surface area contributed by atoms with Gasteiger partial charge in [-0.25, -0.2) is 4.39 Å². The SMILES string of the molecule is O=C1CSCC1Cc1cccc(F)c1. The summed E-state index contributed by atoms with van der Waals surface area (Å²) in [6.45, 7) is 0. The number of carbonyl (C=O) groups excluding carboxylic acids is 1. The van der Waals surface area contributed by atoms with Crippen LogP contribution in [0.1, 0.15) is 5.56 Å². The Balaban J connectivity index is 2.07. The molecule has 1 aromatic carbocycles. The zero-order valence-electron chi connectivity index (χ0n) is 7.70. The highest BCUT2D eigenvalue weighted by Crippen LogP contribution is 2.23. The molecule has 1 nitrogen and oxygen atoms in total. The van der Waals surface area contributed by atoms with Crippen LogP contribution in [-0.4, -0.2) is 17.3 Å². The van der Waals surface area contributed by atoms with Crippen molar-refractivity contribution in [2.24, 2.45) is 5.92 Å². The Hall–Kier alpha value is -0.830. The van der Waals surface area contributed by atoms with E-state index in [0.717, 1.165) is 11.3 Å². The van der Waals surface area contributed by atoms with Crippen molar-refractivity contribution in [3.8, 4) is 0 Å². The van der Waals surface area contributed by atoms with Gasteiger partial charge in [-0.15, -0.1) is 0 Å². The number of benzene rings is 1. The molecule has 0 N–H and O–H groups in total. The third kappa shape index (κ3) is 2.15. The zero-order valence-corrected chi connectivity index (χ0v) is 8.52. The van der Waals surface area contributed by atoms with Crippen LogP contribution in [0.4, 0.5) is 4.39 Å². The summed E-state index contributed by atoms with van der Waals surface area (Å²) in [5.41, 5.74) is 0.922. The van der Waals surface area contributed by atoms with Crippen LogP contribution < -0.4 is 0 Å². The number of hydrogen-bond acceptors (Lipinski definition) is 2. The Bertz CT molecular complexity index is 351. The molecular weight excluding hydrogens is 199 g/mol. The Morgan fingerprint density at radius 1 is 1.50 bits per heavy atom. The van der Waals surface area contributed by atoms with Crippen LogP contribution in [0.5, 0.6) is 0 Å². The molecule has 0 saturated carbocycles. The first-order valence-corrected chi connectivity index (χ1v) is 5.76. The molecule has 14 heavy (non-hydrogen) atoms. The van der Waals surface area contributed by atoms with Crippen LogP contribution in [0, 0.1) is 11.7 Å². The van der Waals surface area contributed by atoms with Gasteiger partial charge in [0.2, 0.25) is 0 Å². The maximum atomic E-state index is 12.8. The Morgan fingerprint density at radius 3 is 3.00 bits per heavy atom. The largest absolute Gasteiger partial charge is 0.298 e. The van der Waals surface area contributed by atoms with Gasteiger partial charge in [0, 0.05) is 11.7 Å². The van der Waals surface area contributed by atoms with Crippen LogP contribution in [0.15, 0.2) is 24.3 Å². The quantitative estimate of drug-likeness (QED) is 0.745. The van der Waals surface area contributed by atoms with Gasteiger partial charge in [0.1, 0.15) is 11.6 Å². The number of carbonyl (C=O) groups is 1. The van der Waals surface area contributed by atoms with Gasteiger partial charge in [-0.05, 0) is 24.1 Å². The van der Waals surface area contributed by atoms with Gasteiger partial charge < -0.3 is 0 Å². The highest BCUT2D eigenvalue weighted by Gasteiger charge is 2.24. The van der Waals surface area contributed by atoms with E-state index >= 15 is 0 Å². The molecule has 1 fully saturated rings. The Kier molecular flexibility index (Phi) is 2.87. The first kappa shape index (κ1) is 9.71. The summed E-state index contributed by atoms with van der Waals surface area (Å²) < 4.78 is 12.8. The predicted molar refractivity (Wildman–Crippen MR) is 55.9 cm³/mol. The third-order valence-corrected chi connectivity index (χ3v) is 3.52. The minimum atomic E-state index is -0.222. The number of Topliss-reactive ketones (excluding diaryl/α,β-unsaturated/α-hetero) is 1. The van der Waals surface area contributed by atoms with Gasteiger partial charge in [0.25, 0.3) is 0 Å². The number of halogens is 1. The highest BCUT2D eigenvalue weighted by molar-refractivity contribution is 8.00. The maximum absolute atomic E-state index is 12.8. The smallest absolute Gasteiger partial charge is 0.146 e. The predicted octanol–water partition coefficient (Wildman–Crippen LogP) is 2.30. The second-order valence-corrected chi connectivity index (χ2v) is 4.54. The van der Waals surface area contributed by atoms with Crippen molar-refractivity contribution < 1.29 is 9.18 Å². The summed E-state index contributed by atoms with van der Waals surface area (Å²) in [6, 6.07) is 6.50. The standard InChI is InChI=1S/C11H11FOS/c12-10-3-1-2-8(5-10)4-9-6-14-7-11(9)13/h1-3,5,9H,4,6-7H2. The van der Waals surface area contributed by atoms with Gasteiger partial charge in [-0.1, -0.05) is 12.1 Å². The van der Waals surface area contributed by atoms with E-state index in [1.165, 1.54) is 12.1 Å². The molecule has 0 spiro atoms. The zero-order chi connectivity index (χ0) is 9.97. The molecule has 0 radical (unpaired) electrons. The molecule has 0 bridgehead atoms. The van der Waals surface area contributed by atoms with Crippen molar-refractivity contribution in [2.45, 2.75) is 6.42 Å². The summed E-state index contributed by atoms with van der Waals surface area (Å²) in [6.07, 6.45) is 0.684. The molecule has 0 amide bonds. The van der Waals surface area contributed by atoms with Crippen molar-refractivity contribution >= 4 is 17.5 Å². The maximum Gasteiger partial charge on any atom is 0.146 e. The van der Waals surface area contributed by atoms with E-state index in [0.29, 0.717) is 18.0 Å². The molecule has 74 valence electrons. The summed E-state index contributed by atoms with van der Waals surface area (Å²) in [4.78, 5) is 11.3. The molecule has 3 heteroatoms. The molecule has 1 aliphatic rings.